The zero-order valence-corrected chi connectivity index (χ0v) is 40.9. The first-order valence-corrected chi connectivity index (χ1v) is 25.1. The van der Waals surface area contributed by atoms with Crippen LogP contribution in [0.4, 0.5) is 10.5 Å². The lowest BCUT2D eigenvalue weighted by atomic mass is 9.55. The van der Waals surface area contributed by atoms with Crippen LogP contribution in [0.15, 0.2) is 125 Å². The van der Waals surface area contributed by atoms with Gasteiger partial charge < -0.3 is 43.5 Å². The minimum Gasteiger partial charge on any atom is -0.493 e. The monoisotopic (exact) mass is 977 g/mol. The fraction of sp³-hybridized carbons (Fsp3) is 0.444. The largest absolute Gasteiger partial charge is 0.493 e. The van der Waals surface area contributed by atoms with Crippen LogP contribution in [0, 0.1) is 27.9 Å². The van der Waals surface area contributed by atoms with Crippen molar-refractivity contribution >= 4 is 29.3 Å². The molecule has 2 heterocycles. The average molecular weight is 978 g/mol. The number of aliphatic hydroxyl groups is 2. The molecule has 2 aliphatic heterocycles. The Morgan fingerprint density at radius 1 is 0.943 bits per heavy atom. The number of hydrogen-bond donors (Lipinski definition) is 2. The summed E-state index contributed by atoms with van der Waals surface area (Å²) in [5.41, 5.74) is 2.29. The number of oxime groups is 1. The van der Waals surface area contributed by atoms with E-state index in [0.29, 0.717) is 53.7 Å². The molecule has 4 aliphatic rings. The predicted octanol–water partition coefficient (Wildman–Crippen LogP) is 10.6. The first-order valence-electron chi connectivity index (χ1n) is 24.1. The van der Waals surface area contributed by atoms with E-state index in [0.717, 1.165) is 47.5 Å². The third-order valence-electron chi connectivity index (χ3n) is 13.1. The van der Waals surface area contributed by atoms with Crippen LogP contribution in [0.3, 0.4) is 0 Å². The SMILES string of the molecule is C=CCO[C@@]12Oc3ccc(OCCSc4ccccc4)cc3[C@H]3[C@H](CCCCO)[C@@H](CCCCO)C=C(C(=NOC(C)(C)C)C[C@@H]1N(Cc1ccc4c(c1)OCO4)C(=O)Oc1ccc([N+](=O)[O-])cc1)[C@H]32. The number of thioether (sulfide) groups is 1. The number of fused-ring (bicyclic) bond motifs is 3. The van der Waals surface area contributed by atoms with E-state index in [4.69, 9.17) is 38.4 Å². The van der Waals surface area contributed by atoms with Gasteiger partial charge in [0.25, 0.3) is 5.69 Å². The highest BCUT2D eigenvalue weighted by Gasteiger charge is 2.66. The maximum absolute atomic E-state index is 15.2. The summed E-state index contributed by atoms with van der Waals surface area (Å²) in [6.45, 7) is 10.5. The molecule has 0 unspecified atom stereocenters. The van der Waals surface area contributed by atoms with E-state index in [1.807, 2.05) is 63.2 Å². The number of unbranched alkanes of at least 4 members (excludes halogenated alkanes) is 2. The van der Waals surface area contributed by atoms with Gasteiger partial charge in [-0.15, -0.1) is 18.3 Å². The second-order valence-electron chi connectivity index (χ2n) is 18.9. The molecule has 1 fully saturated rings. The highest BCUT2D eigenvalue weighted by Crippen LogP contribution is 2.62. The fourth-order valence-corrected chi connectivity index (χ4v) is 10.9. The van der Waals surface area contributed by atoms with Crippen LogP contribution in [0.1, 0.15) is 82.8 Å². The summed E-state index contributed by atoms with van der Waals surface area (Å²) in [6, 6.07) is 26.0. The first-order chi connectivity index (χ1) is 33.9. The Morgan fingerprint density at radius 2 is 1.67 bits per heavy atom. The number of nitrogens with zero attached hydrogens (tertiary/aromatic N) is 3. The molecule has 0 saturated heterocycles. The van der Waals surface area contributed by atoms with Gasteiger partial charge >= 0.3 is 6.09 Å². The molecule has 1 amide bonds. The lowest BCUT2D eigenvalue weighted by molar-refractivity contribution is -0.384. The number of nitro benzene ring substituents is 1. The van der Waals surface area contributed by atoms with Gasteiger partial charge in [0.05, 0.1) is 29.8 Å². The maximum Gasteiger partial charge on any atom is 0.416 e. The highest BCUT2D eigenvalue weighted by atomic mass is 32.2. The highest BCUT2D eigenvalue weighted by molar-refractivity contribution is 7.99. The van der Waals surface area contributed by atoms with Crippen molar-refractivity contribution in [1.82, 2.24) is 4.90 Å². The molecular weight excluding hydrogens is 915 g/mol. The van der Waals surface area contributed by atoms with E-state index in [9.17, 15) is 20.3 Å². The summed E-state index contributed by atoms with van der Waals surface area (Å²) in [5.74, 6) is 0.708. The lowest BCUT2D eigenvalue weighted by Gasteiger charge is -2.60. The molecule has 2 N–H and O–H groups in total. The molecule has 0 aromatic heterocycles. The molecule has 6 atom stereocenters. The second kappa shape index (κ2) is 22.8. The molecule has 372 valence electrons. The van der Waals surface area contributed by atoms with Gasteiger partial charge in [0.15, 0.2) is 11.5 Å². The first kappa shape index (κ1) is 50.3. The predicted molar refractivity (Wildman–Crippen MR) is 266 cm³/mol. The van der Waals surface area contributed by atoms with Crippen molar-refractivity contribution in [3.63, 3.8) is 0 Å². The molecule has 1 saturated carbocycles. The van der Waals surface area contributed by atoms with Gasteiger partial charge in [-0.25, -0.2) is 4.79 Å². The molecule has 8 rings (SSSR count). The smallest absolute Gasteiger partial charge is 0.416 e. The van der Waals surface area contributed by atoms with E-state index in [1.54, 1.807) is 28.8 Å². The minimum atomic E-state index is -1.59. The van der Waals surface area contributed by atoms with Gasteiger partial charge in [-0.05, 0) is 124 Å². The summed E-state index contributed by atoms with van der Waals surface area (Å²) in [7, 11) is 0. The number of hydrogen-bond acceptors (Lipinski definition) is 14. The zero-order valence-electron chi connectivity index (χ0n) is 40.0. The van der Waals surface area contributed by atoms with Crippen molar-refractivity contribution in [2.24, 2.45) is 22.9 Å². The average Bonchev–Trinajstić information content (AvgIpc) is 3.83. The Bertz CT molecular complexity index is 2510. The Morgan fingerprint density at radius 3 is 2.40 bits per heavy atom. The van der Waals surface area contributed by atoms with Crippen molar-refractivity contribution in [1.29, 1.82) is 0 Å². The summed E-state index contributed by atoms with van der Waals surface area (Å²) in [5, 5.41) is 36.6. The topological polar surface area (TPSA) is 181 Å². The summed E-state index contributed by atoms with van der Waals surface area (Å²) in [6.07, 6.45) is 7.64. The van der Waals surface area contributed by atoms with E-state index < -0.39 is 34.4 Å². The van der Waals surface area contributed by atoms with Crippen molar-refractivity contribution in [3.05, 3.63) is 137 Å². The molecule has 70 heavy (non-hydrogen) atoms. The third-order valence-corrected chi connectivity index (χ3v) is 14.1. The number of carbonyl (C=O) groups excluding carboxylic acids is 1. The van der Waals surface area contributed by atoms with Crippen LogP contribution < -0.4 is 23.7 Å². The summed E-state index contributed by atoms with van der Waals surface area (Å²) in [4.78, 5) is 35.3. The number of nitro groups is 1. The summed E-state index contributed by atoms with van der Waals surface area (Å²) >= 11 is 1.72. The Balaban J connectivity index is 1.30. The van der Waals surface area contributed by atoms with Gasteiger partial charge in [-0.1, -0.05) is 54.4 Å². The molecule has 0 radical (unpaired) electrons. The number of amides is 1. The van der Waals surface area contributed by atoms with Crippen LogP contribution in [0.25, 0.3) is 0 Å². The van der Waals surface area contributed by atoms with E-state index >= 15 is 4.79 Å². The molecule has 2 aliphatic carbocycles. The zero-order chi connectivity index (χ0) is 49.3. The van der Waals surface area contributed by atoms with Gasteiger partial charge in [0, 0.05) is 60.4 Å². The molecule has 0 bridgehead atoms. The van der Waals surface area contributed by atoms with Crippen LogP contribution in [0.5, 0.6) is 28.7 Å². The number of allylic oxidation sites excluding steroid dienone is 1. The Labute approximate surface area is 413 Å². The minimum absolute atomic E-state index is 0.0101. The van der Waals surface area contributed by atoms with Gasteiger partial charge in [0.2, 0.25) is 12.6 Å². The number of rotatable bonds is 22. The van der Waals surface area contributed by atoms with Crippen molar-refractivity contribution in [2.75, 3.05) is 39.0 Å². The molecule has 0 spiro atoms. The standard InChI is InChI=1S/C54H63N3O12S/c1-5-27-66-54-49(56(34-36-17-23-47-48(30-36)65-35-64-47)52(60)67-39-20-18-38(19-21-39)57(61)62)33-45(55-69-53(2,3)4)43-31-37(13-9-11-25-58)42(16-10-12-26-59)50(51(43)54)44-32-40(22-24-46(44)68-54)63-28-29-70-41-14-7-6-8-15-41/h5-8,14-15,17-24,30-32,37,42,49-51,58-59H,1,9-13,16,25-29,33-35H2,2-4H3/t37-,42+,49-,50+,51+,54+/m0/s1. The number of non-ortho nitro benzene ring substituents is 1. The van der Waals surface area contributed by atoms with Gasteiger partial charge in [-0.2, -0.15) is 0 Å². The van der Waals surface area contributed by atoms with E-state index in [2.05, 4.69) is 30.9 Å². The third kappa shape index (κ3) is 11.6. The van der Waals surface area contributed by atoms with Gasteiger partial charge in [0.1, 0.15) is 28.9 Å². The van der Waals surface area contributed by atoms with Crippen LogP contribution in [-0.4, -0.2) is 88.2 Å². The molecule has 4 aromatic rings. The number of ether oxygens (including phenoxy) is 6. The fourth-order valence-electron chi connectivity index (χ4n) is 10.1. The number of benzene rings is 4. The second-order valence-corrected chi connectivity index (χ2v) is 20.1. The molecule has 4 aromatic carbocycles. The Kier molecular flexibility index (Phi) is 16.4. The van der Waals surface area contributed by atoms with Crippen LogP contribution >= 0.6 is 11.8 Å². The summed E-state index contributed by atoms with van der Waals surface area (Å²) < 4.78 is 38.7. The number of carbonyl (C=O) groups is 1. The molecular formula is C54H63N3O12S. The van der Waals surface area contributed by atoms with Crippen molar-refractivity contribution < 1.29 is 53.2 Å². The normalized spacial score (nSPS) is 22.5. The quantitative estimate of drug-likeness (QED) is 0.0250. The Hall–Kier alpha value is -6.07. The van der Waals surface area contributed by atoms with Crippen molar-refractivity contribution in [3.8, 4) is 28.7 Å². The molecule has 15 nitrogen and oxygen atoms in total. The van der Waals surface area contributed by atoms with E-state index in [-0.39, 0.29) is 68.8 Å². The number of aliphatic hydroxyl groups excluding tert-OH is 2. The van der Waals surface area contributed by atoms with E-state index in [1.165, 1.54) is 24.3 Å². The van der Waals surface area contributed by atoms with Crippen LogP contribution in [-0.2, 0) is 16.1 Å². The molecule has 16 heteroatoms. The van der Waals surface area contributed by atoms with Crippen molar-refractivity contribution in [2.45, 2.75) is 101 Å². The van der Waals surface area contributed by atoms with Crippen LogP contribution in [0.2, 0.25) is 0 Å². The lowest BCUT2D eigenvalue weighted by Crippen LogP contribution is -2.70. The van der Waals surface area contributed by atoms with Gasteiger partial charge in [-0.3, -0.25) is 15.0 Å². The maximum atomic E-state index is 15.2.